The number of aromatic nitrogens is 2. The van der Waals surface area contributed by atoms with Gasteiger partial charge in [-0.3, -0.25) is 14.2 Å². The van der Waals surface area contributed by atoms with Crippen molar-refractivity contribution in [2.24, 2.45) is 0 Å². The summed E-state index contributed by atoms with van der Waals surface area (Å²) in [4.78, 5) is 30.8. The summed E-state index contributed by atoms with van der Waals surface area (Å²) >= 11 is 0. The van der Waals surface area contributed by atoms with Crippen LogP contribution in [0.2, 0.25) is 0 Å². The third-order valence-corrected chi connectivity index (χ3v) is 7.90. The third-order valence-electron chi connectivity index (χ3n) is 7.31. The average molecular weight is 809 g/mol. The third kappa shape index (κ3) is 26.3. The van der Waals surface area contributed by atoms with Crippen molar-refractivity contribution in [3.05, 3.63) is 120 Å². The lowest BCUT2D eigenvalue weighted by Gasteiger charge is -2.19. The highest BCUT2D eigenvalue weighted by atomic mass is 32.2. The van der Waals surface area contributed by atoms with Gasteiger partial charge in [0.25, 0.3) is 10.1 Å². The number of phenolic OH excluding ortho intramolecular Hbond substituents is 1. The zero-order valence-electron chi connectivity index (χ0n) is 34.3. The van der Waals surface area contributed by atoms with Crippen molar-refractivity contribution in [1.29, 1.82) is 0 Å². The summed E-state index contributed by atoms with van der Waals surface area (Å²) in [5, 5.41) is 14.5. The fraction of sp³-hybridized carbons (Fsp3) is 0.442. The van der Waals surface area contributed by atoms with E-state index in [4.69, 9.17) is 19.3 Å². The van der Waals surface area contributed by atoms with Crippen molar-refractivity contribution in [2.75, 3.05) is 32.6 Å². The fourth-order valence-corrected chi connectivity index (χ4v) is 5.13. The molecule has 4 aromatic rings. The quantitative estimate of drug-likeness (QED) is 0.0751. The van der Waals surface area contributed by atoms with E-state index >= 15 is 0 Å². The summed E-state index contributed by atoms with van der Waals surface area (Å²) < 4.78 is 41.9. The second kappa shape index (κ2) is 25.1. The van der Waals surface area contributed by atoms with Gasteiger partial charge in [0.05, 0.1) is 19.5 Å². The Hall–Kier alpha value is -5.21. The SMILES string of the molecule is CC(C)(C)OC(=O)NCCc1ccc(O)cc1.CC(C)(C)OC(=O)NCCc1ccc(OCCCc2ccncc2)cc1.CS(=O)(=O)OCCCc1ccncc1. The molecule has 4 rings (SSSR count). The minimum atomic E-state index is -3.29. The van der Waals surface area contributed by atoms with Gasteiger partial charge in [0.15, 0.2) is 0 Å². The van der Waals surface area contributed by atoms with Crippen LogP contribution in [-0.2, 0) is 49.5 Å². The molecule has 0 spiro atoms. The molecule has 3 N–H and O–H groups in total. The molecule has 0 radical (unpaired) electrons. The molecule has 0 unspecified atom stereocenters. The normalized spacial score (nSPS) is 11.1. The van der Waals surface area contributed by atoms with Gasteiger partial charge in [-0.15, -0.1) is 0 Å². The van der Waals surface area contributed by atoms with Gasteiger partial charge in [-0.1, -0.05) is 24.3 Å². The standard InChI is InChI=1S/C21H28N2O3.C13H19NO3.C9H13NO3S/c1-21(2,3)26-20(24)23-15-12-18-6-8-19(9-7-18)25-16-4-5-17-10-13-22-14-11-17;1-13(2,3)17-12(16)14-9-8-10-4-6-11(15)7-5-10;1-14(11,12)13-8-2-3-9-4-6-10-7-5-9/h6-11,13-14H,4-5,12,15-16H2,1-3H3,(H,23,24);4-7,15H,8-9H2,1-3H3,(H,14,16);4-7H,2-3,8H2,1H3. The van der Waals surface area contributed by atoms with E-state index in [0.717, 1.165) is 54.4 Å². The van der Waals surface area contributed by atoms with Crippen LogP contribution in [0.25, 0.3) is 0 Å². The van der Waals surface area contributed by atoms with Gasteiger partial charge in [0, 0.05) is 37.9 Å². The number of phenols is 1. The summed E-state index contributed by atoms with van der Waals surface area (Å²) in [5.74, 6) is 1.11. The monoisotopic (exact) mass is 808 g/mol. The molecular weight excluding hydrogens is 749 g/mol. The van der Waals surface area contributed by atoms with Crippen LogP contribution in [0.1, 0.15) is 76.6 Å². The largest absolute Gasteiger partial charge is 0.508 e. The van der Waals surface area contributed by atoms with Crippen molar-refractivity contribution in [3.63, 3.8) is 0 Å². The summed E-state index contributed by atoms with van der Waals surface area (Å²) in [6.07, 6.45) is 12.2. The Morgan fingerprint density at radius 3 is 1.39 bits per heavy atom. The van der Waals surface area contributed by atoms with Crippen LogP contribution in [0.3, 0.4) is 0 Å². The van der Waals surface area contributed by atoms with Crippen molar-refractivity contribution >= 4 is 22.3 Å². The molecule has 0 aliphatic carbocycles. The summed E-state index contributed by atoms with van der Waals surface area (Å²) in [5.41, 5.74) is 3.67. The Morgan fingerprint density at radius 1 is 0.596 bits per heavy atom. The molecule has 14 heteroatoms. The maximum Gasteiger partial charge on any atom is 0.407 e. The Morgan fingerprint density at radius 2 is 0.982 bits per heavy atom. The molecule has 2 amide bonds. The Labute approximate surface area is 338 Å². The molecular formula is C43H60N4O9S. The number of hydrogen-bond donors (Lipinski definition) is 3. The average Bonchev–Trinajstić information content (AvgIpc) is 3.13. The molecule has 0 aliphatic heterocycles. The van der Waals surface area contributed by atoms with Crippen molar-refractivity contribution in [2.45, 2.75) is 91.3 Å². The van der Waals surface area contributed by atoms with Crippen LogP contribution in [0.15, 0.2) is 97.6 Å². The number of carbonyl (C=O) groups excluding carboxylic acids is 2. The Bertz CT molecular complexity index is 1810. The maximum absolute atomic E-state index is 11.6. The fourth-order valence-electron chi connectivity index (χ4n) is 4.71. The number of nitrogens with zero attached hydrogens (tertiary/aromatic N) is 2. The Balaban J connectivity index is 0.000000313. The van der Waals surface area contributed by atoms with Crippen molar-refractivity contribution in [3.8, 4) is 11.5 Å². The first-order chi connectivity index (χ1) is 26.9. The molecule has 0 fully saturated rings. The number of alkyl carbamates (subject to hydrolysis) is 2. The molecule has 2 heterocycles. The predicted octanol–water partition coefficient (Wildman–Crippen LogP) is 7.61. The molecule has 2 aromatic carbocycles. The zero-order chi connectivity index (χ0) is 42.2. The van der Waals surface area contributed by atoms with Crippen LogP contribution in [0.4, 0.5) is 9.59 Å². The van der Waals surface area contributed by atoms with E-state index in [0.29, 0.717) is 32.5 Å². The first-order valence-electron chi connectivity index (χ1n) is 18.9. The van der Waals surface area contributed by atoms with E-state index in [1.165, 1.54) is 5.56 Å². The Kier molecular flexibility index (Phi) is 21.1. The van der Waals surface area contributed by atoms with Gasteiger partial charge in [-0.05, 0) is 151 Å². The van der Waals surface area contributed by atoms with Crippen LogP contribution < -0.4 is 15.4 Å². The summed E-state index contributed by atoms with van der Waals surface area (Å²) in [7, 11) is -3.29. The van der Waals surface area contributed by atoms with Gasteiger partial charge in [0.1, 0.15) is 22.7 Å². The molecule has 13 nitrogen and oxygen atoms in total. The van der Waals surface area contributed by atoms with Crippen LogP contribution in [0.5, 0.6) is 11.5 Å². The molecule has 312 valence electrons. The first kappa shape index (κ1) is 47.9. The number of pyridine rings is 2. The highest BCUT2D eigenvalue weighted by Crippen LogP contribution is 2.14. The number of rotatable bonds is 16. The van der Waals surface area contributed by atoms with Crippen molar-refractivity contribution in [1.82, 2.24) is 20.6 Å². The highest BCUT2D eigenvalue weighted by molar-refractivity contribution is 7.85. The van der Waals surface area contributed by atoms with E-state index in [1.54, 1.807) is 24.5 Å². The van der Waals surface area contributed by atoms with Gasteiger partial charge >= 0.3 is 12.2 Å². The van der Waals surface area contributed by atoms with Gasteiger partial charge in [0.2, 0.25) is 0 Å². The molecule has 0 atom stereocenters. The number of ether oxygens (including phenoxy) is 3. The summed E-state index contributed by atoms with van der Waals surface area (Å²) in [6.45, 7) is 13.0. The van der Waals surface area contributed by atoms with E-state index in [-0.39, 0.29) is 18.4 Å². The highest BCUT2D eigenvalue weighted by Gasteiger charge is 2.16. The number of hydrogen-bond acceptors (Lipinski definition) is 11. The molecule has 0 saturated carbocycles. The second-order valence-corrected chi connectivity index (χ2v) is 16.6. The van der Waals surface area contributed by atoms with Crippen LogP contribution >= 0.6 is 0 Å². The van der Waals surface area contributed by atoms with Crippen molar-refractivity contribution < 1.29 is 41.5 Å². The van der Waals surface area contributed by atoms with Gasteiger partial charge in [-0.2, -0.15) is 8.42 Å². The second-order valence-electron chi connectivity index (χ2n) is 15.0. The van der Waals surface area contributed by atoms with E-state index in [2.05, 4.69) is 24.8 Å². The van der Waals surface area contributed by atoms with E-state index < -0.39 is 27.4 Å². The minimum absolute atomic E-state index is 0.237. The lowest BCUT2D eigenvalue weighted by Crippen LogP contribution is -2.33. The topological polar surface area (TPSA) is 175 Å². The number of aromatic hydroxyl groups is 1. The minimum Gasteiger partial charge on any atom is -0.508 e. The lowest BCUT2D eigenvalue weighted by molar-refractivity contribution is 0.0517. The summed E-state index contributed by atoms with van der Waals surface area (Å²) in [6, 6.07) is 22.7. The van der Waals surface area contributed by atoms with Crippen LogP contribution in [-0.4, -0.2) is 79.4 Å². The maximum atomic E-state index is 11.6. The lowest BCUT2D eigenvalue weighted by atomic mass is 10.1. The van der Waals surface area contributed by atoms with E-state index in [1.807, 2.05) is 115 Å². The number of amides is 2. The predicted molar refractivity (Wildman–Crippen MR) is 222 cm³/mol. The zero-order valence-corrected chi connectivity index (χ0v) is 35.1. The number of carbonyl (C=O) groups is 2. The van der Waals surface area contributed by atoms with E-state index in [9.17, 15) is 18.0 Å². The number of nitrogens with one attached hydrogen (secondary N) is 2. The molecule has 2 aromatic heterocycles. The van der Waals surface area contributed by atoms with Gasteiger partial charge < -0.3 is 30.0 Å². The number of aryl methyl sites for hydroxylation is 2. The number of benzene rings is 2. The first-order valence-corrected chi connectivity index (χ1v) is 20.7. The van der Waals surface area contributed by atoms with Gasteiger partial charge in [-0.25, -0.2) is 9.59 Å². The molecule has 0 bridgehead atoms. The van der Waals surface area contributed by atoms with Crippen LogP contribution in [0, 0.1) is 0 Å². The molecule has 0 aliphatic rings. The smallest absolute Gasteiger partial charge is 0.407 e. The molecule has 57 heavy (non-hydrogen) atoms. The molecule has 0 saturated heterocycles.